The number of allylic oxidation sites excluding steroid dienone is 1. The molecule has 3 fully saturated rings. The van der Waals surface area contributed by atoms with Crippen molar-refractivity contribution in [1.82, 2.24) is 0 Å². The Morgan fingerprint density at radius 3 is 2.53 bits per heavy atom. The van der Waals surface area contributed by atoms with Gasteiger partial charge in [-0.1, -0.05) is 44.5 Å². The Balaban J connectivity index is 1.60. The minimum Gasteiger partial charge on any atom is -0.447 e. The average Bonchev–Trinajstić information content (AvgIpc) is 3.07. The molecule has 1 aromatic rings. The highest BCUT2D eigenvalue weighted by atomic mass is 35.5. The fourth-order valence-corrected chi connectivity index (χ4v) is 8.84. The zero-order chi connectivity index (χ0) is 26.1. The molecule has 0 unspecified atom stereocenters. The van der Waals surface area contributed by atoms with Crippen LogP contribution in [-0.4, -0.2) is 45.9 Å². The van der Waals surface area contributed by atoms with E-state index in [9.17, 15) is 19.5 Å². The molecule has 0 aromatic heterocycles. The monoisotopic (exact) mass is 516 g/mol. The summed E-state index contributed by atoms with van der Waals surface area (Å²) in [5.74, 6) is -2.61. The molecule has 36 heavy (non-hydrogen) atoms. The summed E-state index contributed by atoms with van der Waals surface area (Å²) >= 11 is 6.12. The van der Waals surface area contributed by atoms with Crippen LogP contribution in [-0.2, 0) is 14.3 Å². The molecule has 5 rings (SSSR count). The molecule has 0 heterocycles. The van der Waals surface area contributed by atoms with Crippen molar-refractivity contribution >= 4 is 29.1 Å². The highest BCUT2D eigenvalue weighted by molar-refractivity contribution is 6.29. The predicted octanol–water partition coefficient (Wildman–Crippen LogP) is 5.23. The Labute approximate surface area is 216 Å². The van der Waals surface area contributed by atoms with Crippen molar-refractivity contribution in [2.24, 2.45) is 28.6 Å². The van der Waals surface area contributed by atoms with Gasteiger partial charge in [0.2, 0.25) is 0 Å². The fourth-order valence-electron chi connectivity index (χ4n) is 8.64. The number of fused-ring (bicyclic) bond motifs is 5. The Kier molecular flexibility index (Phi) is 6.03. The van der Waals surface area contributed by atoms with Gasteiger partial charge >= 0.3 is 5.97 Å². The topological polar surface area (TPSA) is 80.7 Å². The van der Waals surface area contributed by atoms with E-state index in [1.165, 1.54) is 0 Å². The van der Waals surface area contributed by atoms with Gasteiger partial charge in [-0.25, -0.2) is 9.18 Å². The van der Waals surface area contributed by atoms with Crippen LogP contribution in [0.5, 0.6) is 0 Å². The van der Waals surface area contributed by atoms with Gasteiger partial charge in [-0.15, -0.1) is 11.6 Å². The number of alkyl halides is 2. The second-order valence-corrected chi connectivity index (χ2v) is 12.1. The van der Waals surface area contributed by atoms with Crippen molar-refractivity contribution in [3.63, 3.8) is 0 Å². The number of rotatable bonds is 4. The summed E-state index contributed by atoms with van der Waals surface area (Å²) in [5, 5.41) is 11.6. The minimum absolute atomic E-state index is 0.00806. The number of carbonyl (C=O) groups is 3. The molecule has 0 spiro atoms. The SMILES string of the molecule is C[C@@H]1C[C@H]2[C@@H]3CCC4=CC(=O)CC[C@]4(C)[C@@]3(F)[C@@H](O)C[C@]2(C)[C@]1(OC(=O)c1ccccc1)C(=O)CCl. The second kappa shape index (κ2) is 8.49. The molecule has 3 saturated carbocycles. The lowest BCUT2D eigenvalue weighted by atomic mass is 9.43. The lowest BCUT2D eigenvalue weighted by Gasteiger charge is -2.63. The van der Waals surface area contributed by atoms with Crippen LogP contribution in [0.15, 0.2) is 42.0 Å². The number of ketones is 2. The summed E-state index contributed by atoms with van der Waals surface area (Å²) in [6, 6.07) is 8.49. The van der Waals surface area contributed by atoms with Gasteiger partial charge in [-0.3, -0.25) is 9.59 Å². The van der Waals surface area contributed by atoms with E-state index in [2.05, 4.69) is 0 Å². The summed E-state index contributed by atoms with van der Waals surface area (Å²) in [6.45, 7) is 5.58. The van der Waals surface area contributed by atoms with Gasteiger partial charge in [0.05, 0.1) is 17.5 Å². The quantitative estimate of drug-likeness (QED) is 0.438. The molecular weight excluding hydrogens is 483 g/mol. The fraction of sp³-hybridized carbons (Fsp3) is 0.621. The van der Waals surface area contributed by atoms with Crippen molar-refractivity contribution < 1.29 is 28.6 Å². The third-order valence-electron chi connectivity index (χ3n) is 10.4. The zero-order valence-electron chi connectivity index (χ0n) is 21.1. The molecule has 1 aromatic carbocycles. The number of benzene rings is 1. The second-order valence-electron chi connectivity index (χ2n) is 11.8. The van der Waals surface area contributed by atoms with Crippen molar-refractivity contribution in [1.29, 1.82) is 0 Å². The van der Waals surface area contributed by atoms with E-state index in [1.807, 2.05) is 20.8 Å². The summed E-state index contributed by atoms with van der Waals surface area (Å²) in [6.07, 6.45) is 2.31. The minimum atomic E-state index is -1.94. The van der Waals surface area contributed by atoms with Gasteiger partial charge in [0.1, 0.15) is 5.67 Å². The molecule has 4 aliphatic rings. The molecule has 0 amide bonds. The first-order valence-electron chi connectivity index (χ1n) is 12.9. The molecule has 5 nitrogen and oxygen atoms in total. The number of esters is 1. The van der Waals surface area contributed by atoms with Gasteiger partial charge in [0, 0.05) is 29.1 Å². The maximum Gasteiger partial charge on any atom is 0.339 e. The van der Waals surface area contributed by atoms with E-state index in [-0.39, 0.29) is 30.4 Å². The van der Waals surface area contributed by atoms with E-state index >= 15 is 4.39 Å². The number of hydrogen-bond acceptors (Lipinski definition) is 5. The van der Waals surface area contributed by atoms with Crippen molar-refractivity contribution in [3.8, 4) is 0 Å². The van der Waals surface area contributed by atoms with Crippen molar-refractivity contribution in [3.05, 3.63) is 47.5 Å². The largest absolute Gasteiger partial charge is 0.447 e. The van der Waals surface area contributed by atoms with E-state index < -0.39 is 51.8 Å². The number of aliphatic hydroxyl groups is 1. The van der Waals surface area contributed by atoms with Gasteiger partial charge in [0.15, 0.2) is 17.2 Å². The number of carbonyl (C=O) groups excluding carboxylic acids is 3. The van der Waals surface area contributed by atoms with Gasteiger partial charge in [0.25, 0.3) is 0 Å². The molecular formula is C29H34ClFO5. The van der Waals surface area contributed by atoms with Crippen LogP contribution in [0.3, 0.4) is 0 Å². The van der Waals surface area contributed by atoms with Crippen LogP contribution >= 0.6 is 11.6 Å². The summed E-state index contributed by atoms with van der Waals surface area (Å²) in [4.78, 5) is 39.0. The maximum absolute atomic E-state index is 17.4. The molecule has 1 N–H and O–H groups in total. The zero-order valence-corrected chi connectivity index (χ0v) is 21.8. The van der Waals surface area contributed by atoms with Crippen molar-refractivity contribution in [2.45, 2.75) is 76.7 Å². The standard InChI is InChI=1S/C29H34ClFO5/c1-17-13-22-21-10-9-19-14-20(32)11-12-26(19,2)28(21,31)23(33)15-27(22,3)29(17,24(34)16-30)36-25(35)18-7-5-4-6-8-18/h4-8,14,17,21-23,33H,9-13,15-16H2,1-3H3/t17-,21+,22+,23+,26+,27+,28+,29-/m1/s1. The summed E-state index contributed by atoms with van der Waals surface area (Å²) < 4.78 is 23.6. The Morgan fingerprint density at radius 1 is 1.17 bits per heavy atom. The third-order valence-corrected chi connectivity index (χ3v) is 10.6. The predicted molar refractivity (Wildman–Crippen MR) is 133 cm³/mol. The lowest BCUT2D eigenvalue weighted by Crippen LogP contribution is -2.70. The number of aliphatic hydroxyl groups excluding tert-OH is 1. The Morgan fingerprint density at radius 2 is 1.86 bits per heavy atom. The molecule has 4 aliphatic carbocycles. The smallest absolute Gasteiger partial charge is 0.339 e. The third kappa shape index (κ3) is 3.13. The molecule has 0 aliphatic heterocycles. The number of halogens is 2. The maximum atomic E-state index is 17.4. The first-order chi connectivity index (χ1) is 17.0. The molecule has 0 bridgehead atoms. The molecule has 8 atom stereocenters. The van der Waals surface area contributed by atoms with Gasteiger partial charge in [-0.2, -0.15) is 0 Å². The van der Waals surface area contributed by atoms with Crippen LogP contribution in [0, 0.1) is 28.6 Å². The lowest BCUT2D eigenvalue weighted by molar-refractivity contribution is -0.227. The van der Waals surface area contributed by atoms with Gasteiger partial charge in [-0.05, 0) is 56.2 Å². The highest BCUT2D eigenvalue weighted by Gasteiger charge is 2.77. The van der Waals surface area contributed by atoms with Crippen LogP contribution < -0.4 is 0 Å². The Bertz CT molecular complexity index is 1140. The Hall–Kier alpha value is -2.05. The number of hydrogen-bond donors (Lipinski definition) is 1. The van der Waals surface area contributed by atoms with E-state index in [4.69, 9.17) is 16.3 Å². The van der Waals surface area contributed by atoms with Crippen molar-refractivity contribution in [2.75, 3.05) is 5.88 Å². The van der Waals surface area contributed by atoms with E-state index in [0.717, 1.165) is 5.57 Å². The van der Waals surface area contributed by atoms with Crippen LogP contribution in [0.25, 0.3) is 0 Å². The van der Waals surface area contributed by atoms with Crippen LogP contribution in [0.2, 0.25) is 0 Å². The number of Topliss-reactive ketones (excluding diaryl/α,β-unsaturated/α-hetero) is 1. The summed E-state index contributed by atoms with van der Waals surface area (Å²) in [5.41, 5.74) is -4.36. The van der Waals surface area contributed by atoms with E-state index in [1.54, 1.807) is 36.4 Å². The first kappa shape index (κ1) is 25.6. The normalized spacial score (nSPS) is 43.6. The van der Waals surface area contributed by atoms with Crippen LogP contribution in [0.1, 0.15) is 69.7 Å². The molecule has 7 heteroatoms. The van der Waals surface area contributed by atoms with Crippen LogP contribution in [0.4, 0.5) is 4.39 Å². The number of ether oxygens (including phenoxy) is 1. The molecule has 0 saturated heterocycles. The molecule has 194 valence electrons. The van der Waals surface area contributed by atoms with Gasteiger partial charge < -0.3 is 9.84 Å². The molecule has 0 radical (unpaired) electrons. The summed E-state index contributed by atoms with van der Waals surface area (Å²) in [7, 11) is 0. The van der Waals surface area contributed by atoms with E-state index in [0.29, 0.717) is 31.2 Å². The average molecular weight is 517 g/mol. The highest BCUT2D eigenvalue weighted by Crippen LogP contribution is 2.72. The first-order valence-corrected chi connectivity index (χ1v) is 13.5.